The van der Waals surface area contributed by atoms with Crippen LogP contribution in [0.5, 0.6) is 0 Å². The van der Waals surface area contributed by atoms with Crippen molar-refractivity contribution in [3.05, 3.63) is 58.9 Å². The van der Waals surface area contributed by atoms with Gasteiger partial charge in [0.15, 0.2) is 0 Å². The second-order valence-electron chi connectivity index (χ2n) is 7.29. The van der Waals surface area contributed by atoms with Crippen LogP contribution in [0.25, 0.3) is 0 Å². The predicted octanol–water partition coefficient (Wildman–Crippen LogP) is 2.76. The Kier molecular flexibility index (Phi) is 6.01. The lowest BCUT2D eigenvalue weighted by molar-refractivity contribution is -0.117. The fourth-order valence-corrected chi connectivity index (χ4v) is 3.41. The molecule has 1 aromatic heterocycles. The molecule has 2 aromatic rings. The monoisotopic (exact) mass is 352 g/mol. The molecule has 26 heavy (non-hydrogen) atoms. The summed E-state index contributed by atoms with van der Waals surface area (Å²) in [6.45, 7) is 11.3. The van der Waals surface area contributed by atoms with Crippen molar-refractivity contribution in [1.82, 2.24) is 14.8 Å². The molecule has 0 aliphatic carbocycles. The predicted molar refractivity (Wildman–Crippen MR) is 105 cm³/mol. The quantitative estimate of drug-likeness (QED) is 0.899. The molecule has 0 unspecified atom stereocenters. The number of rotatable bonds is 5. The number of pyridine rings is 1. The van der Waals surface area contributed by atoms with E-state index in [9.17, 15) is 4.79 Å². The van der Waals surface area contributed by atoms with Gasteiger partial charge in [0.05, 0.1) is 6.54 Å². The number of piperazine rings is 1. The van der Waals surface area contributed by atoms with Crippen LogP contribution in [-0.4, -0.2) is 53.4 Å². The van der Waals surface area contributed by atoms with Gasteiger partial charge in [0.25, 0.3) is 0 Å². The number of carbonyl (C=O) groups excluding carboxylic acids is 1. The summed E-state index contributed by atoms with van der Waals surface area (Å²) in [5.41, 5.74) is 5.68. The molecular weight excluding hydrogens is 324 g/mol. The highest BCUT2D eigenvalue weighted by molar-refractivity contribution is 5.93. The van der Waals surface area contributed by atoms with Crippen LogP contribution in [0.3, 0.4) is 0 Å². The SMILES string of the molecule is Cc1cncc(CN2CCN(CC(=O)Nc3ccc(C)cc3C)CC2)c1. The Morgan fingerprint density at radius 3 is 2.42 bits per heavy atom. The molecular formula is C21H28N4O. The zero-order valence-electron chi connectivity index (χ0n) is 16.0. The summed E-state index contributed by atoms with van der Waals surface area (Å²) < 4.78 is 0. The number of hydrogen-bond acceptors (Lipinski definition) is 4. The van der Waals surface area contributed by atoms with Crippen molar-refractivity contribution in [3.63, 3.8) is 0 Å². The first-order valence-corrected chi connectivity index (χ1v) is 9.22. The second kappa shape index (κ2) is 8.43. The summed E-state index contributed by atoms with van der Waals surface area (Å²) in [4.78, 5) is 21.3. The molecule has 1 aliphatic heterocycles. The first-order valence-electron chi connectivity index (χ1n) is 9.22. The van der Waals surface area contributed by atoms with Gasteiger partial charge in [-0.2, -0.15) is 0 Å². The number of benzene rings is 1. The van der Waals surface area contributed by atoms with Crippen LogP contribution >= 0.6 is 0 Å². The summed E-state index contributed by atoms with van der Waals surface area (Å²) in [5, 5.41) is 3.04. The molecule has 1 amide bonds. The highest BCUT2D eigenvalue weighted by atomic mass is 16.2. The average Bonchev–Trinajstić information content (AvgIpc) is 2.59. The van der Waals surface area contributed by atoms with Crippen molar-refractivity contribution in [2.45, 2.75) is 27.3 Å². The number of amides is 1. The molecule has 0 radical (unpaired) electrons. The molecule has 1 N–H and O–H groups in total. The third-order valence-corrected chi connectivity index (χ3v) is 4.83. The molecule has 1 aliphatic rings. The molecule has 0 spiro atoms. The maximum absolute atomic E-state index is 12.4. The third kappa shape index (κ3) is 5.13. The highest BCUT2D eigenvalue weighted by Gasteiger charge is 2.19. The van der Waals surface area contributed by atoms with E-state index >= 15 is 0 Å². The van der Waals surface area contributed by atoms with Gasteiger partial charge in [-0.1, -0.05) is 23.8 Å². The standard InChI is InChI=1S/C21H28N4O/c1-16-4-5-20(18(3)10-16)23-21(26)15-25-8-6-24(7-9-25)14-19-11-17(2)12-22-13-19/h4-5,10-13H,6-9,14-15H2,1-3H3,(H,23,26). The molecule has 0 saturated carbocycles. The molecule has 5 nitrogen and oxygen atoms in total. The Labute approximate surface area is 156 Å². The molecule has 0 atom stereocenters. The van der Waals surface area contributed by atoms with Crippen molar-refractivity contribution in [1.29, 1.82) is 0 Å². The molecule has 1 fully saturated rings. The van der Waals surface area contributed by atoms with E-state index in [1.54, 1.807) is 0 Å². The normalized spacial score (nSPS) is 15.8. The maximum atomic E-state index is 12.4. The Morgan fingerprint density at radius 2 is 1.73 bits per heavy atom. The Balaban J connectivity index is 1.45. The Hall–Kier alpha value is -2.24. The summed E-state index contributed by atoms with van der Waals surface area (Å²) in [6, 6.07) is 8.29. The zero-order valence-corrected chi connectivity index (χ0v) is 16.0. The lowest BCUT2D eigenvalue weighted by Gasteiger charge is -2.34. The molecule has 5 heteroatoms. The van der Waals surface area contributed by atoms with Crippen LogP contribution in [-0.2, 0) is 11.3 Å². The van der Waals surface area contributed by atoms with Gasteiger partial charge in [-0.25, -0.2) is 0 Å². The largest absolute Gasteiger partial charge is 0.325 e. The van der Waals surface area contributed by atoms with Crippen molar-refractivity contribution in [2.75, 3.05) is 38.0 Å². The molecule has 0 bridgehead atoms. The summed E-state index contributed by atoms with van der Waals surface area (Å²) in [5.74, 6) is 0.0632. The lowest BCUT2D eigenvalue weighted by Crippen LogP contribution is -2.48. The van der Waals surface area contributed by atoms with Gasteiger partial charge in [0.1, 0.15) is 0 Å². The number of nitrogens with zero attached hydrogens (tertiary/aromatic N) is 3. The average molecular weight is 352 g/mol. The number of aromatic nitrogens is 1. The van der Waals surface area contributed by atoms with Gasteiger partial charge in [0.2, 0.25) is 5.91 Å². The second-order valence-corrected chi connectivity index (χ2v) is 7.29. The molecule has 1 aromatic carbocycles. The molecule has 1 saturated heterocycles. The van der Waals surface area contributed by atoms with E-state index in [1.165, 1.54) is 16.7 Å². The van der Waals surface area contributed by atoms with Gasteiger partial charge < -0.3 is 5.32 Å². The van der Waals surface area contributed by atoms with E-state index in [1.807, 2.05) is 31.5 Å². The fraction of sp³-hybridized carbons (Fsp3) is 0.429. The van der Waals surface area contributed by atoms with E-state index in [2.05, 4.69) is 46.1 Å². The first-order chi connectivity index (χ1) is 12.5. The van der Waals surface area contributed by atoms with E-state index < -0.39 is 0 Å². The molecule has 138 valence electrons. The Bertz CT molecular complexity index is 766. The minimum atomic E-state index is 0.0632. The van der Waals surface area contributed by atoms with Crippen LogP contribution < -0.4 is 5.32 Å². The van der Waals surface area contributed by atoms with Gasteiger partial charge >= 0.3 is 0 Å². The van der Waals surface area contributed by atoms with E-state index in [0.29, 0.717) is 6.54 Å². The summed E-state index contributed by atoms with van der Waals surface area (Å²) in [6.07, 6.45) is 3.83. The van der Waals surface area contributed by atoms with Crippen LogP contribution in [0.15, 0.2) is 36.7 Å². The number of carbonyl (C=O) groups is 1. The molecule has 3 rings (SSSR count). The van der Waals surface area contributed by atoms with Crippen molar-refractivity contribution >= 4 is 11.6 Å². The van der Waals surface area contributed by atoms with Crippen LogP contribution in [0, 0.1) is 20.8 Å². The van der Waals surface area contributed by atoms with Crippen LogP contribution in [0.1, 0.15) is 22.3 Å². The van der Waals surface area contributed by atoms with Crippen molar-refractivity contribution < 1.29 is 4.79 Å². The Morgan fingerprint density at radius 1 is 1.00 bits per heavy atom. The molecule has 2 heterocycles. The minimum absolute atomic E-state index is 0.0632. The minimum Gasteiger partial charge on any atom is -0.325 e. The van der Waals surface area contributed by atoms with E-state index in [0.717, 1.165) is 44.0 Å². The fourth-order valence-electron chi connectivity index (χ4n) is 3.41. The van der Waals surface area contributed by atoms with Gasteiger partial charge in [-0.15, -0.1) is 0 Å². The van der Waals surface area contributed by atoms with E-state index in [-0.39, 0.29) is 5.91 Å². The number of anilines is 1. The highest BCUT2D eigenvalue weighted by Crippen LogP contribution is 2.16. The van der Waals surface area contributed by atoms with Crippen LogP contribution in [0.4, 0.5) is 5.69 Å². The zero-order chi connectivity index (χ0) is 18.5. The third-order valence-electron chi connectivity index (χ3n) is 4.83. The summed E-state index contributed by atoms with van der Waals surface area (Å²) in [7, 11) is 0. The summed E-state index contributed by atoms with van der Waals surface area (Å²) >= 11 is 0. The van der Waals surface area contributed by atoms with E-state index in [4.69, 9.17) is 0 Å². The van der Waals surface area contributed by atoms with Crippen LogP contribution in [0.2, 0.25) is 0 Å². The number of nitrogens with one attached hydrogen (secondary N) is 1. The van der Waals surface area contributed by atoms with Crippen molar-refractivity contribution in [2.24, 2.45) is 0 Å². The van der Waals surface area contributed by atoms with Gasteiger partial charge in [0, 0.05) is 50.8 Å². The van der Waals surface area contributed by atoms with Crippen molar-refractivity contribution in [3.8, 4) is 0 Å². The maximum Gasteiger partial charge on any atom is 0.238 e. The van der Waals surface area contributed by atoms with Gasteiger partial charge in [-0.05, 0) is 43.5 Å². The van der Waals surface area contributed by atoms with Gasteiger partial charge in [-0.3, -0.25) is 19.6 Å². The smallest absolute Gasteiger partial charge is 0.238 e. The lowest BCUT2D eigenvalue weighted by atomic mass is 10.1. The first kappa shape index (κ1) is 18.5. The number of hydrogen-bond donors (Lipinski definition) is 1. The topological polar surface area (TPSA) is 48.5 Å². The number of aryl methyl sites for hydroxylation is 3.